The van der Waals surface area contributed by atoms with E-state index in [2.05, 4.69) is 0 Å². The molecule has 4 nitrogen and oxygen atoms in total. The van der Waals surface area contributed by atoms with Gasteiger partial charge in [-0.25, -0.2) is 4.79 Å². The van der Waals surface area contributed by atoms with E-state index in [0.29, 0.717) is 23.4 Å². The molecule has 0 aliphatic carbocycles. The monoisotopic (exact) mass is 405 g/mol. The van der Waals surface area contributed by atoms with Crippen LogP contribution < -0.4 is 0 Å². The Morgan fingerprint density at radius 3 is 2.10 bits per heavy atom. The van der Waals surface area contributed by atoms with Gasteiger partial charge in [-0.15, -0.1) is 0 Å². The van der Waals surface area contributed by atoms with Crippen LogP contribution in [0.4, 0.5) is 0 Å². The summed E-state index contributed by atoms with van der Waals surface area (Å²) in [6.45, 7) is 0. The fourth-order valence-corrected chi connectivity index (χ4v) is 4.23. The highest BCUT2D eigenvalue weighted by molar-refractivity contribution is 6.31. The fraction of sp³-hybridized carbons (Fsp3) is 0.167. The highest BCUT2D eigenvalue weighted by Crippen LogP contribution is 2.40. The maximum Gasteiger partial charge on any atom is 0.326 e. The number of aliphatic carboxylic acids is 1. The minimum Gasteiger partial charge on any atom is -0.480 e. The summed E-state index contributed by atoms with van der Waals surface area (Å²) in [7, 11) is 0. The van der Waals surface area contributed by atoms with Crippen LogP contribution in [0.15, 0.2) is 78.9 Å². The van der Waals surface area contributed by atoms with Gasteiger partial charge in [0.15, 0.2) is 0 Å². The quantitative estimate of drug-likeness (QED) is 0.629. The summed E-state index contributed by atoms with van der Waals surface area (Å²) in [6, 6.07) is 23.3. The normalized spacial score (nSPS) is 18.6. The average molecular weight is 406 g/mol. The van der Waals surface area contributed by atoms with Gasteiger partial charge in [0.25, 0.3) is 5.91 Å². The molecule has 1 N–H and O–H groups in total. The lowest BCUT2D eigenvalue weighted by atomic mass is 10.0. The van der Waals surface area contributed by atoms with E-state index in [-0.39, 0.29) is 11.9 Å². The Kier molecular flexibility index (Phi) is 5.36. The number of hydrogen-bond donors (Lipinski definition) is 1. The van der Waals surface area contributed by atoms with Gasteiger partial charge in [0.1, 0.15) is 6.04 Å². The van der Waals surface area contributed by atoms with Crippen molar-refractivity contribution in [2.75, 3.05) is 0 Å². The summed E-state index contributed by atoms with van der Waals surface area (Å²) in [5.41, 5.74) is 3.31. The first kappa shape index (κ1) is 19.2. The molecule has 1 amide bonds. The number of carbonyl (C=O) groups is 2. The van der Waals surface area contributed by atoms with E-state index in [9.17, 15) is 14.7 Å². The fourth-order valence-electron chi connectivity index (χ4n) is 3.97. The second-order valence-electron chi connectivity index (χ2n) is 7.12. The Morgan fingerprint density at radius 2 is 1.45 bits per heavy atom. The van der Waals surface area contributed by atoms with Crippen molar-refractivity contribution in [3.8, 4) is 11.1 Å². The molecule has 2 atom stereocenters. The molecular weight excluding hydrogens is 386 g/mol. The number of likely N-dealkylation sites (tertiary alicyclic amines) is 1. The summed E-state index contributed by atoms with van der Waals surface area (Å²) in [5, 5.41) is 10.2. The molecule has 0 bridgehead atoms. The SMILES string of the molecule is O=C(O)[C@@H]1CC[C@H](c2ccccc2Cl)N1C(=O)c1ccc(-c2ccccc2)cc1. The van der Waals surface area contributed by atoms with Gasteiger partial charge in [0.05, 0.1) is 6.04 Å². The van der Waals surface area contributed by atoms with Crippen molar-refractivity contribution in [1.82, 2.24) is 4.90 Å². The molecule has 1 saturated heterocycles. The largest absolute Gasteiger partial charge is 0.480 e. The van der Waals surface area contributed by atoms with E-state index in [1.165, 1.54) is 4.90 Å². The summed E-state index contributed by atoms with van der Waals surface area (Å²) in [4.78, 5) is 26.6. The standard InChI is InChI=1S/C24H20ClNO3/c25-20-9-5-4-8-19(20)21-14-15-22(24(28)29)26(21)23(27)18-12-10-17(11-13-18)16-6-2-1-3-7-16/h1-13,21-22H,14-15H2,(H,28,29)/t21-,22+/m1/s1. The van der Waals surface area contributed by atoms with Crippen LogP contribution in [0.1, 0.15) is 34.8 Å². The minimum atomic E-state index is -0.992. The first-order valence-corrected chi connectivity index (χ1v) is 9.89. The Bertz CT molecular complexity index is 1030. The van der Waals surface area contributed by atoms with Crippen molar-refractivity contribution in [2.24, 2.45) is 0 Å². The van der Waals surface area contributed by atoms with Crippen LogP contribution in [0.5, 0.6) is 0 Å². The predicted octanol–water partition coefficient (Wildman–Crippen LogP) is 5.44. The predicted molar refractivity (Wildman–Crippen MR) is 113 cm³/mol. The van der Waals surface area contributed by atoms with Crippen LogP contribution in [0.25, 0.3) is 11.1 Å². The number of halogens is 1. The van der Waals surface area contributed by atoms with Crippen LogP contribution in [-0.2, 0) is 4.79 Å². The summed E-state index contributed by atoms with van der Waals surface area (Å²) in [6.07, 6.45) is 0.966. The van der Waals surface area contributed by atoms with Crippen LogP contribution in [0.2, 0.25) is 5.02 Å². The van der Waals surface area contributed by atoms with E-state index in [1.54, 1.807) is 18.2 Å². The molecule has 3 aromatic rings. The van der Waals surface area contributed by atoms with Gasteiger partial charge in [-0.2, -0.15) is 0 Å². The number of benzene rings is 3. The zero-order valence-electron chi connectivity index (χ0n) is 15.7. The lowest BCUT2D eigenvalue weighted by molar-refractivity contribution is -0.141. The van der Waals surface area contributed by atoms with Crippen molar-refractivity contribution < 1.29 is 14.7 Å². The lowest BCUT2D eigenvalue weighted by Crippen LogP contribution is -2.41. The van der Waals surface area contributed by atoms with Gasteiger partial charge in [0, 0.05) is 10.6 Å². The minimum absolute atomic E-state index is 0.292. The van der Waals surface area contributed by atoms with Crippen molar-refractivity contribution in [2.45, 2.75) is 24.9 Å². The summed E-state index contributed by atoms with van der Waals surface area (Å²) >= 11 is 6.35. The van der Waals surface area contributed by atoms with Crippen LogP contribution in [0.3, 0.4) is 0 Å². The molecule has 4 rings (SSSR count). The Balaban J connectivity index is 1.67. The number of carboxylic acids is 1. The summed E-state index contributed by atoms with van der Waals surface area (Å²) < 4.78 is 0. The molecule has 146 valence electrons. The second-order valence-corrected chi connectivity index (χ2v) is 7.53. The van der Waals surface area contributed by atoms with Crippen LogP contribution >= 0.6 is 11.6 Å². The van der Waals surface area contributed by atoms with Gasteiger partial charge in [-0.05, 0) is 47.7 Å². The summed E-state index contributed by atoms with van der Waals surface area (Å²) in [5.74, 6) is -1.28. The highest BCUT2D eigenvalue weighted by atomic mass is 35.5. The van der Waals surface area contributed by atoms with Crippen molar-refractivity contribution in [3.63, 3.8) is 0 Å². The first-order chi connectivity index (χ1) is 14.1. The number of rotatable bonds is 4. The number of carbonyl (C=O) groups excluding carboxylic acids is 1. The Hall–Kier alpha value is -3.11. The first-order valence-electron chi connectivity index (χ1n) is 9.51. The number of nitrogens with zero attached hydrogens (tertiary/aromatic N) is 1. The molecule has 3 aromatic carbocycles. The molecule has 0 unspecified atom stereocenters. The van der Waals surface area contributed by atoms with Crippen molar-refractivity contribution >= 4 is 23.5 Å². The number of hydrogen-bond acceptors (Lipinski definition) is 2. The molecule has 29 heavy (non-hydrogen) atoms. The number of amides is 1. The topological polar surface area (TPSA) is 57.6 Å². The van der Waals surface area contributed by atoms with E-state index in [0.717, 1.165) is 16.7 Å². The van der Waals surface area contributed by atoms with Gasteiger partial charge >= 0.3 is 5.97 Å². The average Bonchev–Trinajstić information content (AvgIpc) is 3.19. The van der Waals surface area contributed by atoms with Crippen LogP contribution in [-0.4, -0.2) is 27.9 Å². The molecule has 5 heteroatoms. The third-order valence-electron chi connectivity index (χ3n) is 5.41. The second kappa shape index (κ2) is 8.10. The third kappa shape index (κ3) is 3.76. The molecule has 0 spiro atoms. The van der Waals surface area contributed by atoms with Gasteiger partial charge in [-0.3, -0.25) is 4.79 Å². The molecule has 0 saturated carbocycles. The molecule has 1 aliphatic rings. The van der Waals surface area contributed by atoms with E-state index >= 15 is 0 Å². The third-order valence-corrected chi connectivity index (χ3v) is 5.75. The molecule has 1 heterocycles. The number of carboxylic acid groups (broad SMARTS) is 1. The Morgan fingerprint density at radius 1 is 0.828 bits per heavy atom. The molecule has 0 aromatic heterocycles. The van der Waals surface area contributed by atoms with E-state index < -0.39 is 12.0 Å². The maximum absolute atomic E-state index is 13.3. The smallest absolute Gasteiger partial charge is 0.326 e. The molecule has 0 radical (unpaired) electrons. The van der Waals surface area contributed by atoms with Gasteiger partial charge < -0.3 is 10.0 Å². The van der Waals surface area contributed by atoms with E-state index in [4.69, 9.17) is 11.6 Å². The van der Waals surface area contributed by atoms with Gasteiger partial charge in [-0.1, -0.05) is 72.3 Å². The molecular formula is C24H20ClNO3. The van der Waals surface area contributed by atoms with Crippen molar-refractivity contribution in [1.29, 1.82) is 0 Å². The van der Waals surface area contributed by atoms with Crippen molar-refractivity contribution in [3.05, 3.63) is 95.0 Å². The lowest BCUT2D eigenvalue weighted by Gasteiger charge is -2.29. The molecule has 1 fully saturated rings. The highest BCUT2D eigenvalue weighted by Gasteiger charge is 2.42. The van der Waals surface area contributed by atoms with Crippen LogP contribution in [0, 0.1) is 0 Å². The van der Waals surface area contributed by atoms with Gasteiger partial charge in [0.2, 0.25) is 0 Å². The zero-order valence-corrected chi connectivity index (χ0v) is 16.4. The zero-order chi connectivity index (χ0) is 20.4. The maximum atomic E-state index is 13.3. The van der Waals surface area contributed by atoms with E-state index in [1.807, 2.05) is 60.7 Å². The molecule has 1 aliphatic heterocycles. The Labute approximate surface area is 174 Å².